The highest BCUT2D eigenvalue weighted by molar-refractivity contribution is 5.76. The zero-order valence-electron chi connectivity index (χ0n) is 19.1. The number of nitrogens with one attached hydrogen (secondary N) is 1. The van der Waals surface area contributed by atoms with E-state index < -0.39 is 6.10 Å². The van der Waals surface area contributed by atoms with Crippen LogP contribution in [0.15, 0.2) is 0 Å². The Bertz CT molecular complexity index is 373. The summed E-state index contributed by atoms with van der Waals surface area (Å²) in [5.74, 6) is 0.130. The van der Waals surface area contributed by atoms with Crippen molar-refractivity contribution >= 4 is 5.91 Å². The molecule has 0 spiro atoms. The summed E-state index contributed by atoms with van der Waals surface area (Å²) in [6.07, 6.45) is 11.4. The van der Waals surface area contributed by atoms with Crippen molar-refractivity contribution in [3.05, 3.63) is 0 Å². The summed E-state index contributed by atoms with van der Waals surface area (Å²) in [5.41, 5.74) is 0. The fraction of sp³-hybridized carbons (Fsp3) is 0.955. The topological polar surface area (TPSA) is 72.8 Å². The average molecular weight is 403 g/mol. The zero-order chi connectivity index (χ0) is 21.3. The minimum absolute atomic E-state index is 0.00632. The van der Waals surface area contributed by atoms with Crippen LogP contribution in [0.2, 0.25) is 0 Å². The summed E-state index contributed by atoms with van der Waals surface area (Å²) in [6, 6.07) is 0. The van der Waals surface area contributed by atoms with E-state index in [2.05, 4.69) is 33.4 Å². The van der Waals surface area contributed by atoms with Gasteiger partial charge in [-0.25, -0.2) is 0 Å². The van der Waals surface area contributed by atoms with Crippen molar-refractivity contribution in [3.63, 3.8) is 0 Å². The molecule has 0 aliphatic heterocycles. The summed E-state index contributed by atoms with van der Waals surface area (Å²) in [5, 5.41) is 22.5. The Morgan fingerprint density at radius 1 is 0.964 bits per heavy atom. The molecule has 1 atom stereocenters. The van der Waals surface area contributed by atoms with Gasteiger partial charge in [0.05, 0.1) is 27.7 Å². The maximum absolute atomic E-state index is 12.4. The first kappa shape index (κ1) is 27.3. The van der Waals surface area contributed by atoms with Gasteiger partial charge in [0.2, 0.25) is 5.91 Å². The van der Waals surface area contributed by atoms with Crippen LogP contribution in [-0.4, -0.2) is 92.1 Å². The number of aliphatic hydroxyl groups excluding tert-OH is 2. The molecule has 0 aliphatic carbocycles. The van der Waals surface area contributed by atoms with Crippen molar-refractivity contribution in [1.29, 1.82) is 0 Å². The molecule has 6 nitrogen and oxygen atoms in total. The first-order chi connectivity index (χ1) is 13.3. The van der Waals surface area contributed by atoms with Gasteiger partial charge >= 0.3 is 0 Å². The SMILES string of the molecule is CCCCCCCCCCCC(=O)N(CCO)CCNCC(O)C[N+](C)(C)C. The number of likely N-dealkylation sites (N-methyl/N-ethyl adjacent to an activating group) is 1. The Morgan fingerprint density at radius 3 is 2.07 bits per heavy atom. The van der Waals surface area contributed by atoms with E-state index in [9.17, 15) is 15.0 Å². The smallest absolute Gasteiger partial charge is 0.222 e. The number of amides is 1. The molecule has 28 heavy (non-hydrogen) atoms. The maximum Gasteiger partial charge on any atom is 0.222 e. The maximum atomic E-state index is 12.4. The number of carbonyl (C=O) groups is 1. The number of aliphatic hydroxyl groups is 2. The molecule has 0 bridgehead atoms. The molecule has 0 fully saturated rings. The van der Waals surface area contributed by atoms with Crippen molar-refractivity contribution in [2.45, 2.75) is 77.2 Å². The molecule has 1 unspecified atom stereocenters. The van der Waals surface area contributed by atoms with Crippen LogP contribution in [0.1, 0.15) is 71.1 Å². The van der Waals surface area contributed by atoms with E-state index in [0.717, 1.165) is 17.3 Å². The number of hydrogen-bond acceptors (Lipinski definition) is 4. The van der Waals surface area contributed by atoms with Gasteiger partial charge in [-0.3, -0.25) is 4.79 Å². The molecular weight excluding hydrogens is 354 g/mol. The molecular formula is C22H48N3O3+. The second kappa shape index (κ2) is 17.2. The Kier molecular flexibility index (Phi) is 16.8. The molecule has 168 valence electrons. The number of carbonyl (C=O) groups excluding carboxylic acids is 1. The molecule has 0 aromatic rings. The molecule has 6 heteroatoms. The van der Waals surface area contributed by atoms with Crippen molar-refractivity contribution in [1.82, 2.24) is 10.2 Å². The van der Waals surface area contributed by atoms with Crippen LogP contribution in [0.3, 0.4) is 0 Å². The first-order valence-corrected chi connectivity index (χ1v) is 11.4. The fourth-order valence-electron chi connectivity index (χ4n) is 3.41. The van der Waals surface area contributed by atoms with Crippen molar-refractivity contribution < 1.29 is 19.5 Å². The lowest BCUT2D eigenvalue weighted by Gasteiger charge is -2.27. The standard InChI is InChI=1S/C22H48N3O3/c1-5-6-7-8-9-10-11-12-13-14-22(28)24(17-18-26)16-15-23-19-21(27)20-25(2,3)4/h21,23,26-27H,5-20H2,1-4H3/q+1. The monoisotopic (exact) mass is 402 g/mol. The Morgan fingerprint density at radius 2 is 1.54 bits per heavy atom. The highest BCUT2D eigenvalue weighted by atomic mass is 16.3. The quantitative estimate of drug-likeness (QED) is 0.229. The second-order valence-electron chi connectivity index (χ2n) is 9.01. The summed E-state index contributed by atoms with van der Waals surface area (Å²) in [7, 11) is 6.16. The van der Waals surface area contributed by atoms with Gasteiger partial charge in [-0.15, -0.1) is 0 Å². The van der Waals surface area contributed by atoms with Gasteiger partial charge in [-0.2, -0.15) is 0 Å². The molecule has 1 amide bonds. The van der Waals surface area contributed by atoms with E-state index in [1.54, 1.807) is 4.90 Å². The van der Waals surface area contributed by atoms with Gasteiger partial charge in [0.15, 0.2) is 0 Å². The number of rotatable bonds is 19. The molecule has 0 saturated heterocycles. The van der Waals surface area contributed by atoms with Gasteiger partial charge in [0.25, 0.3) is 0 Å². The van der Waals surface area contributed by atoms with E-state index in [4.69, 9.17) is 0 Å². The average Bonchev–Trinajstić information content (AvgIpc) is 2.61. The number of unbranched alkanes of at least 4 members (excludes halogenated alkanes) is 8. The van der Waals surface area contributed by atoms with Crippen LogP contribution in [0, 0.1) is 0 Å². The Hall–Kier alpha value is -0.690. The number of nitrogens with zero attached hydrogens (tertiary/aromatic N) is 2. The summed E-state index contributed by atoms with van der Waals surface area (Å²) >= 11 is 0. The number of hydrogen-bond donors (Lipinski definition) is 3. The Balaban J connectivity index is 3.84. The van der Waals surface area contributed by atoms with Gasteiger partial charge in [0.1, 0.15) is 12.6 Å². The van der Waals surface area contributed by atoms with Gasteiger partial charge in [-0.1, -0.05) is 58.3 Å². The summed E-state index contributed by atoms with van der Waals surface area (Å²) in [4.78, 5) is 14.1. The van der Waals surface area contributed by atoms with E-state index in [0.29, 0.717) is 39.1 Å². The Labute approximate surface area is 173 Å². The molecule has 0 saturated carbocycles. The van der Waals surface area contributed by atoms with Crippen LogP contribution >= 0.6 is 0 Å². The van der Waals surface area contributed by atoms with Gasteiger partial charge in [0, 0.05) is 32.6 Å². The van der Waals surface area contributed by atoms with Crippen molar-refractivity contribution in [3.8, 4) is 0 Å². The van der Waals surface area contributed by atoms with Crippen LogP contribution in [0.4, 0.5) is 0 Å². The van der Waals surface area contributed by atoms with Crippen molar-refractivity contribution in [2.75, 3.05) is 60.5 Å². The summed E-state index contributed by atoms with van der Waals surface area (Å²) in [6.45, 7) is 5.04. The van der Waals surface area contributed by atoms with Crippen LogP contribution < -0.4 is 5.32 Å². The van der Waals surface area contributed by atoms with Crippen molar-refractivity contribution in [2.24, 2.45) is 0 Å². The third-order valence-electron chi connectivity index (χ3n) is 4.91. The highest BCUT2D eigenvalue weighted by Gasteiger charge is 2.16. The summed E-state index contributed by atoms with van der Waals surface area (Å²) < 4.78 is 0.719. The van der Waals surface area contributed by atoms with Crippen LogP contribution in [0.5, 0.6) is 0 Å². The molecule has 0 aromatic carbocycles. The molecule has 0 aliphatic rings. The molecule has 0 radical (unpaired) electrons. The van der Waals surface area contributed by atoms with Crippen LogP contribution in [0.25, 0.3) is 0 Å². The largest absolute Gasteiger partial charge is 0.395 e. The third-order valence-corrected chi connectivity index (χ3v) is 4.91. The highest BCUT2D eigenvalue weighted by Crippen LogP contribution is 2.11. The second-order valence-corrected chi connectivity index (χ2v) is 9.01. The minimum Gasteiger partial charge on any atom is -0.395 e. The lowest BCUT2D eigenvalue weighted by atomic mass is 10.1. The predicted molar refractivity (Wildman–Crippen MR) is 117 cm³/mol. The molecule has 0 heterocycles. The van der Waals surface area contributed by atoms with Crippen LogP contribution in [-0.2, 0) is 4.79 Å². The lowest BCUT2D eigenvalue weighted by molar-refractivity contribution is -0.873. The van der Waals surface area contributed by atoms with E-state index in [1.165, 1.54) is 44.9 Å². The molecule has 3 N–H and O–H groups in total. The minimum atomic E-state index is -0.399. The van der Waals surface area contributed by atoms with E-state index >= 15 is 0 Å². The van der Waals surface area contributed by atoms with E-state index in [1.807, 2.05) is 0 Å². The van der Waals surface area contributed by atoms with E-state index in [-0.39, 0.29) is 12.5 Å². The van der Waals surface area contributed by atoms with Gasteiger partial charge in [-0.05, 0) is 6.42 Å². The first-order valence-electron chi connectivity index (χ1n) is 11.4. The van der Waals surface area contributed by atoms with Gasteiger partial charge < -0.3 is 24.9 Å². The molecule has 0 aromatic heterocycles. The fourth-order valence-corrected chi connectivity index (χ4v) is 3.41. The molecule has 0 rings (SSSR count). The normalized spacial score (nSPS) is 12.9. The number of quaternary nitrogens is 1. The third kappa shape index (κ3) is 17.4. The lowest BCUT2D eigenvalue weighted by Crippen LogP contribution is -2.46. The zero-order valence-corrected chi connectivity index (χ0v) is 19.1. The predicted octanol–water partition coefficient (Wildman–Crippen LogP) is 2.38.